The van der Waals surface area contributed by atoms with Crippen molar-refractivity contribution in [1.29, 1.82) is 0 Å². The van der Waals surface area contributed by atoms with Crippen molar-refractivity contribution in [2.45, 2.75) is 64.6 Å². The van der Waals surface area contributed by atoms with Gasteiger partial charge in [-0.25, -0.2) is 4.79 Å². The second-order valence-corrected chi connectivity index (χ2v) is 5.19. The number of unbranched alkanes of at least 4 members (excludes halogenated alkanes) is 3. The van der Waals surface area contributed by atoms with Crippen molar-refractivity contribution in [1.82, 2.24) is 0 Å². The number of carbonyl (C=O) groups excluding carboxylic acids is 1. The summed E-state index contributed by atoms with van der Waals surface area (Å²) >= 11 is 0. The van der Waals surface area contributed by atoms with E-state index in [-0.39, 0.29) is 6.10 Å². The molecule has 4 nitrogen and oxygen atoms in total. The maximum atomic E-state index is 11.4. The van der Waals surface area contributed by atoms with E-state index in [2.05, 4.69) is 6.92 Å². The summed E-state index contributed by atoms with van der Waals surface area (Å²) in [6, 6.07) is 0. The molecule has 1 saturated heterocycles. The summed E-state index contributed by atoms with van der Waals surface area (Å²) in [6.45, 7) is 7.03. The summed E-state index contributed by atoms with van der Waals surface area (Å²) in [6.07, 6.45) is 5.11. The molecular formula is C13H24O4. The summed E-state index contributed by atoms with van der Waals surface area (Å²) in [5.74, 6) is 0. The van der Waals surface area contributed by atoms with Gasteiger partial charge in [0.05, 0.1) is 6.61 Å². The van der Waals surface area contributed by atoms with E-state index in [1.165, 1.54) is 19.3 Å². The Hall–Kier alpha value is -0.770. The van der Waals surface area contributed by atoms with Crippen LogP contribution in [0.1, 0.15) is 52.9 Å². The monoisotopic (exact) mass is 244 g/mol. The quantitative estimate of drug-likeness (QED) is 0.373. The van der Waals surface area contributed by atoms with Crippen molar-refractivity contribution < 1.29 is 19.0 Å². The van der Waals surface area contributed by atoms with Gasteiger partial charge in [0.2, 0.25) is 0 Å². The van der Waals surface area contributed by atoms with E-state index in [4.69, 9.17) is 14.2 Å². The van der Waals surface area contributed by atoms with Crippen LogP contribution in [0, 0.1) is 0 Å². The number of epoxide rings is 1. The first kappa shape index (κ1) is 14.3. The summed E-state index contributed by atoms with van der Waals surface area (Å²) in [5, 5.41) is 0. The fraction of sp³-hybridized carbons (Fsp3) is 0.923. The smallest absolute Gasteiger partial charge is 0.431 e. The third-order valence-corrected chi connectivity index (χ3v) is 2.78. The number of hydrogen-bond acceptors (Lipinski definition) is 4. The molecule has 0 spiro atoms. The molecule has 1 unspecified atom stereocenters. The predicted octanol–water partition coefficient (Wildman–Crippen LogP) is 3.29. The Morgan fingerprint density at radius 1 is 1.35 bits per heavy atom. The van der Waals surface area contributed by atoms with Crippen LogP contribution < -0.4 is 0 Å². The minimum absolute atomic E-state index is 0.0928. The average Bonchev–Trinajstić information content (AvgIpc) is 3.05. The third kappa shape index (κ3) is 7.21. The number of hydrogen-bond donors (Lipinski definition) is 0. The first-order chi connectivity index (χ1) is 8.03. The van der Waals surface area contributed by atoms with Gasteiger partial charge >= 0.3 is 6.16 Å². The number of ether oxygens (including phenoxy) is 3. The van der Waals surface area contributed by atoms with E-state index in [1.54, 1.807) is 0 Å². The molecule has 0 saturated carbocycles. The Balaban J connectivity index is 2.09. The second kappa shape index (κ2) is 6.84. The van der Waals surface area contributed by atoms with Crippen LogP contribution in [0.15, 0.2) is 0 Å². The van der Waals surface area contributed by atoms with Gasteiger partial charge in [-0.2, -0.15) is 0 Å². The first-order valence-corrected chi connectivity index (χ1v) is 6.51. The van der Waals surface area contributed by atoms with Gasteiger partial charge in [-0.3, -0.25) is 0 Å². The lowest BCUT2D eigenvalue weighted by atomic mass is 10.00. The SMILES string of the molecule is CCCCCCC(C)(C)OC(=O)OCC1CO1. The Labute approximate surface area is 104 Å². The molecule has 1 heterocycles. The van der Waals surface area contributed by atoms with Crippen molar-refractivity contribution in [3.8, 4) is 0 Å². The second-order valence-electron chi connectivity index (χ2n) is 5.19. The van der Waals surface area contributed by atoms with Crippen LogP contribution in [0.5, 0.6) is 0 Å². The van der Waals surface area contributed by atoms with Gasteiger partial charge in [0.15, 0.2) is 0 Å². The van der Waals surface area contributed by atoms with Crippen molar-refractivity contribution in [2.24, 2.45) is 0 Å². The van der Waals surface area contributed by atoms with Gasteiger partial charge in [-0.1, -0.05) is 26.2 Å². The number of carbonyl (C=O) groups is 1. The maximum Gasteiger partial charge on any atom is 0.508 e. The summed E-state index contributed by atoms with van der Waals surface area (Å²) < 4.78 is 15.2. The molecule has 4 heteroatoms. The highest BCUT2D eigenvalue weighted by molar-refractivity contribution is 5.60. The Morgan fingerprint density at radius 3 is 2.65 bits per heavy atom. The van der Waals surface area contributed by atoms with E-state index in [9.17, 15) is 4.79 Å². The lowest BCUT2D eigenvalue weighted by Gasteiger charge is -2.24. The van der Waals surface area contributed by atoms with Gasteiger partial charge in [0, 0.05) is 0 Å². The van der Waals surface area contributed by atoms with Gasteiger partial charge in [0.25, 0.3) is 0 Å². The molecule has 0 bridgehead atoms. The lowest BCUT2D eigenvalue weighted by Crippen LogP contribution is -2.29. The van der Waals surface area contributed by atoms with Crippen LogP contribution in [0.4, 0.5) is 4.79 Å². The van der Waals surface area contributed by atoms with Crippen LogP contribution in [-0.2, 0) is 14.2 Å². The zero-order chi connectivity index (χ0) is 12.7. The molecule has 0 aromatic carbocycles. The molecule has 1 aliphatic heterocycles. The molecule has 1 rings (SSSR count). The summed E-state index contributed by atoms with van der Waals surface area (Å²) in [7, 11) is 0. The standard InChI is InChI=1S/C13H24O4/c1-4-5-6-7-8-13(2,3)17-12(14)16-10-11-9-15-11/h11H,4-10H2,1-3H3. The van der Waals surface area contributed by atoms with Crippen LogP contribution in [0.2, 0.25) is 0 Å². The van der Waals surface area contributed by atoms with Crippen LogP contribution in [0.3, 0.4) is 0 Å². The van der Waals surface area contributed by atoms with Crippen molar-refractivity contribution in [3.05, 3.63) is 0 Å². The van der Waals surface area contributed by atoms with Gasteiger partial charge < -0.3 is 14.2 Å². The van der Waals surface area contributed by atoms with Crippen molar-refractivity contribution >= 4 is 6.16 Å². The van der Waals surface area contributed by atoms with Crippen LogP contribution in [-0.4, -0.2) is 31.1 Å². The van der Waals surface area contributed by atoms with Crippen molar-refractivity contribution in [2.75, 3.05) is 13.2 Å². The molecule has 0 aliphatic carbocycles. The highest BCUT2D eigenvalue weighted by Gasteiger charge is 2.27. The third-order valence-electron chi connectivity index (χ3n) is 2.78. The molecule has 0 radical (unpaired) electrons. The minimum atomic E-state index is -0.582. The van der Waals surface area contributed by atoms with E-state index in [0.29, 0.717) is 13.2 Å². The molecule has 0 aromatic heterocycles. The molecule has 0 aromatic rings. The first-order valence-electron chi connectivity index (χ1n) is 6.51. The van der Waals surface area contributed by atoms with E-state index >= 15 is 0 Å². The Morgan fingerprint density at radius 2 is 2.06 bits per heavy atom. The number of rotatable bonds is 8. The predicted molar refractivity (Wildman–Crippen MR) is 65.0 cm³/mol. The van der Waals surface area contributed by atoms with Crippen LogP contribution >= 0.6 is 0 Å². The van der Waals surface area contributed by atoms with E-state index < -0.39 is 11.8 Å². The molecule has 0 amide bonds. The summed E-state index contributed by atoms with van der Waals surface area (Å²) in [4.78, 5) is 11.4. The minimum Gasteiger partial charge on any atom is -0.431 e. The molecule has 1 aliphatic rings. The largest absolute Gasteiger partial charge is 0.508 e. The zero-order valence-corrected chi connectivity index (χ0v) is 11.2. The molecule has 100 valence electrons. The fourth-order valence-electron chi connectivity index (χ4n) is 1.61. The Bertz CT molecular complexity index is 234. The Kier molecular flexibility index (Phi) is 5.75. The zero-order valence-electron chi connectivity index (χ0n) is 11.2. The van der Waals surface area contributed by atoms with Crippen molar-refractivity contribution in [3.63, 3.8) is 0 Å². The highest BCUT2D eigenvalue weighted by Crippen LogP contribution is 2.20. The fourth-order valence-corrected chi connectivity index (χ4v) is 1.61. The maximum absolute atomic E-state index is 11.4. The van der Waals surface area contributed by atoms with Crippen LogP contribution in [0.25, 0.3) is 0 Å². The molecule has 1 fully saturated rings. The topological polar surface area (TPSA) is 48.1 Å². The highest BCUT2D eigenvalue weighted by atomic mass is 16.7. The molecule has 1 atom stereocenters. The van der Waals surface area contributed by atoms with Gasteiger partial charge in [0.1, 0.15) is 18.3 Å². The molecule has 0 N–H and O–H groups in total. The normalized spacial score (nSPS) is 18.9. The van der Waals surface area contributed by atoms with E-state index in [1.807, 2.05) is 13.8 Å². The lowest BCUT2D eigenvalue weighted by molar-refractivity contribution is -0.0233. The van der Waals surface area contributed by atoms with Gasteiger partial charge in [-0.15, -0.1) is 0 Å². The van der Waals surface area contributed by atoms with E-state index in [0.717, 1.165) is 12.8 Å². The van der Waals surface area contributed by atoms with Gasteiger partial charge in [-0.05, 0) is 26.7 Å². The molecular weight excluding hydrogens is 220 g/mol. The summed E-state index contributed by atoms with van der Waals surface area (Å²) in [5.41, 5.74) is -0.435. The molecule has 17 heavy (non-hydrogen) atoms. The average molecular weight is 244 g/mol.